The van der Waals surface area contributed by atoms with E-state index in [1.54, 1.807) is 60.7 Å². The first-order chi connectivity index (χ1) is 13.9. The second-order valence-electron chi connectivity index (χ2n) is 6.15. The van der Waals surface area contributed by atoms with Gasteiger partial charge in [0.15, 0.2) is 0 Å². The third kappa shape index (κ3) is 3.87. The Morgan fingerprint density at radius 1 is 1.00 bits per heavy atom. The number of nitrogens with one attached hydrogen (secondary N) is 1. The predicted octanol–water partition coefficient (Wildman–Crippen LogP) is 5.03. The number of carbonyl (C=O) groups excluding carboxylic acids is 3. The Morgan fingerprint density at radius 3 is 2.48 bits per heavy atom. The Balaban J connectivity index is 1.67. The van der Waals surface area contributed by atoms with Gasteiger partial charge >= 0.3 is 6.03 Å². The average molecular weight is 472 g/mol. The van der Waals surface area contributed by atoms with Crippen LogP contribution in [0, 0.1) is 0 Å². The number of amides is 4. The van der Waals surface area contributed by atoms with Crippen LogP contribution < -0.4 is 10.2 Å². The highest BCUT2D eigenvalue weighted by Crippen LogP contribution is 2.27. The van der Waals surface area contributed by atoms with Crippen LogP contribution in [-0.4, -0.2) is 17.8 Å². The molecule has 29 heavy (non-hydrogen) atoms. The molecule has 0 saturated carbocycles. The number of anilines is 1. The smallest absolute Gasteiger partial charge is 0.335 e. The van der Waals surface area contributed by atoms with Crippen molar-refractivity contribution in [2.24, 2.45) is 0 Å². The summed E-state index contributed by atoms with van der Waals surface area (Å²) in [6.45, 7) is 0. The standard InChI is InChI=1S/C21H12BrClN2O4/c22-13-2-1-3-15(10-13)25-20(27)17(19(26)24-21(25)28)11-16-8-9-18(29-16)12-4-6-14(23)7-5-12/h1-11H,(H,24,26,28)/b17-11+. The van der Waals surface area contributed by atoms with Crippen molar-refractivity contribution in [3.8, 4) is 11.3 Å². The minimum Gasteiger partial charge on any atom is -0.457 e. The quantitative estimate of drug-likeness (QED) is 0.429. The van der Waals surface area contributed by atoms with E-state index in [0.29, 0.717) is 26.7 Å². The van der Waals surface area contributed by atoms with Gasteiger partial charge in [-0.25, -0.2) is 9.69 Å². The minimum absolute atomic E-state index is 0.207. The number of furan rings is 1. The number of benzene rings is 2. The number of urea groups is 1. The van der Waals surface area contributed by atoms with Gasteiger partial charge in [0.2, 0.25) is 0 Å². The van der Waals surface area contributed by atoms with E-state index in [2.05, 4.69) is 21.2 Å². The summed E-state index contributed by atoms with van der Waals surface area (Å²) in [4.78, 5) is 38.3. The Morgan fingerprint density at radius 2 is 1.76 bits per heavy atom. The molecule has 4 rings (SSSR count). The molecule has 4 amide bonds. The molecular formula is C21H12BrClN2O4. The van der Waals surface area contributed by atoms with Crippen molar-refractivity contribution in [1.82, 2.24) is 5.32 Å². The molecule has 0 bridgehead atoms. The fourth-order valence-electron chi connectivity index (χ4n) is 2.85. The van der Waals surface area contributed by atoms with Crippen molar-refractivity contribution in [2.75, 3.05) is 4.90 Å². The topological polar surface area (TPSA) is 79.6 Å². The van der Waals surface area contributed by atoms with Gasteiger partial charge in [-0.15, -0.1) is 0 Å². The highest BCUT2D eigenvalue weighted by atomic mass is 79.9. The van der Waals surface area contributed by atoms with Gasteiger partial charge in [-0.05, 0) is 60.7 Å². The summed E-state index contributed by atoms with van der Waals surface area (Å²) in [5.41, 5.74) is 0.924. The highest BCUT2D eigenvalue weighted by molar-refractivity contribution is 9.10. The fraction of sp³-hybridized carbons (Fsp3) is 0. The fourth-order valence-corrected chi connectivity index (χ4v) is 3.36. The number of carbonyl (C=O) groups is 3. The second-order valence-corrected chi connectivity index (χ2v) is 7.50. The van der Waals surface area contributed by atoms with Crippen molar-refractivity contribution in [2.45, 2.75) is 0 Å². The normalized spacial score (nSPS) is 15.7. The molecule has 2 aromatic carbocycles. The van der Waals surface area contributed by atoms with Crippen LogP contribution in [0.15, 0.2) is 75.1 Å². The van der Waals surface area contributed by atoms with Gasteiger partial charge in [-0.1, -0.05) is 33.6 Å². The van der Waals surface area contributed by atoms with Crippen LogP contribution in [0.5, 0.6) is 0 Å². The van der Waals surface area contributed by atoms with E-state index in [-0.39, 0.29) is 5.57 Å². The lowest BCUT2D eigenvalue weighted by Gasteiger charge is -2.26. The molecule has 0 spiro atoms. The summed E-state index contributed by atoms with van der Waals surface area (Å²) in [5.74, 6) is -0.661. The molecule has 1 N–H and O–H groups in total. The number of hydrogen-bond donors (Lipinski definition) is 1. The monoisotopic (exact) mass is 470 g/mol. The zero-order chi connectivity index (χ0) is 20.5. The Kier molecular flexibility index (Phi) is 5.08. The molecule has 0 aliphatic carbocycles. The van der Waals surface area contributed by atoms with Gasteiger partial charge in [-0.3, -0.25) is 14.9 Å². The number of barbiturate groups is 1. The number of hydrogen-bond acceptors (Lipinski definition) is 4. The van der Waals surface area contributed by atoms with Gasteiger partial charge in [0.25, 0.3) is 11.8 Å². The van der Waals surface area contributed by atoms with Crippen LogP contribution in [0.1, 0.15) is 5.76 Å². The Hall–Kier alpha value is -3.16. The maximum atomic E-state index is 12.9. The van der Waals surface area contributed by atoms with Crippen LogP contribution in [0.3, 0.4) is 0 Å². The zero-order valence-electron chi connectivity index (χ0n) is 14.7. The first kappa shape index (κ1) is 19.2. The van der Waals surface area contributed by atoms with E-state index in [9.17, 15) is 14.4 Å². The third-order valence-electron chi connectivity index (χ3n) is 4.21. The van der Waals surface area contributed by atoms with Crippen LogP contribution in [0.2, 0.25) is 5.02 Å². The van der Waals surface area contributed by atoms with E-state index < -0.39 is 17.8 Å². The molecule has 6 nitrogen and oxygen atoms in total. The SMILES string of the molecule is O=C1NC(=O)N(c2cccc(Br)c2)C(=O)/C1=C/c1ccc(-c2ccc(Cl)cc2)o1. The molecule has 1 aliphatic rings. The van der Waals surface area contributed by atoms with Gasteiger partial charge < -0.3 is 4.42 Å². The lowest BCUT2D eigenvalue weighted by Crippen LogP contribution is -2.54. The van der Waals surface area contributed by atoms with Gasteiger partial charge in [0.05, 0.1) is 5.69 Å². The molecule has 0 unspecified atom stereocenters. The molecular weight excluding hydrogens is 460 g/mol. The molecule has 1 aromatic heterocycles. The number of nitrogens with zero attached hydrogens (tertiary/aromatic N) is 1. The van der Waals surface area contributed by atoms with Gasteiger partial charge in [-0.2, -0.15) is 0 Å². The highest BCUT2D eigenvalue weighted by Gasteiger charge is 2.37. The largest absolute Gasteiger partial charge is 0.457 e. The van der Waals surface area contributed by atoms with Crippen LogP contribution in [0.25, 0.3) is 17.4 Å². The van der Waals surface area contributed by atoms with Crippen LogP contribution in [0.4, 0.5) is 10.5 Å². The van der Waals surface area contributed by atoms with E-state index in [1.807, 2.05) is 0 Å². The lowest BCUT2D eigenvalue weighted by molar-refractivity contribution is -0.122. The van der Waals surface area contributed by atoms with Crippen LogP contribution >= 0.6 is 27.5 Å². The number of rotatable bonds is 3. The molecule has 8 heteroatoms. The summed E-state index contributed by atoms with van der Waals surface area (Å²) in [6.07, 6.45) is 1.31. The summed E-state index contributed by atoms with van der Waals surface area (Å²) in [6, 6.07) is 16.3. The molecule has 0 atom stereocenters. The lowest BCUT2D eigenvalue weighted by atomic mass is 10.1. The summed E-state index contributed by atoms with van der Waals surface area (Å²) < 4.78 is 6.42. The summed E-state index contributed by atoms with van der Waals surface area (Å²) in [5, 5.41) is 2.78. The minimum atomic E-state index is -0.809. The molecule has 0 radical (unpaired) electrons. The maximum Gasteiger partial charge on any atom is 0.335 e. The van der Waals surface area contributed by atoms with E-state index in [0.717, 1.165) is 10.5 Å². The second kappa shape index (κ2) is 7.69. The van der Waals surface area contributed by atoms with Crippen molar-refractivity contribution in [3.63, 3.8) is 0 Å². The van der Waals surface area contributed by atoms with Gasteiger partial charge in [0.1, 0.15) is 17.1 Å². The zero-order valence-corrected chi connectivity index (χ0v) is 17.0. The van der Waals surface area contributed by atoms with E-state index in [4.69, 9.17) is 16.0 Å². The number of imide groups is 2. The third-order valence-corrected chi connectivity index (χ3v) is 4.96. The van der Waals surface area contributed by atoms with Crippen molar-refractivity contribution in [3.05, 3.63) is 81.5 Å². The van der Waals surface area contributed by atoms with Crippen molar-refractivity contribution in [1.29, 1.82) is 0 Å². The van der Waals surface area contributed by atoms with Gasteiger partial charge in [0, 0.05) is 15.1 Å². The molecule has 3 aromatic rings. The van der Waals surface area contributed by atoms with Crippen molar-refractivity contribution < 1.29 is 18.8 Å². The molecule has 1 fully saturated rings. The first-order valence-corrected chi connectivity index (χ1v) is 9.62. The molecule has 1 saturated heterocycles. The Labute approximate surface area is 178 Å². The van der Waals surface area contributed by atoms with Crippen LogP contribution in [-0.2, 0) is 9.59 Å². The predicted molar refractivity (Wildman–Crippen MR) is 112 cm³/mol. The molecule has 144 valence electrons. The average Bonchev–Trinajstić information content (AvgIpc) is 3.14. The summed E-state index contributed by atoms with van der Waals surface area (Å²) >= 11 is 9.20. The number of halogens is 2. The maximum absolute atomic E-state index is 12.9. The molecule has 2 heterocycles. The molecule has 1 aliphatic heterocycles. The van der Waals surface area contributed by atoms with E-state index in [1.165, 1.54) is 6.08 Å². The van der Waals surface area contributed by atoms with E-state index >= 15 is 0 Å². The van der Waals surface area contributed by atoms with Crippen molar-refractivity contribution >= 4 is 57.1 Å². The first-order valence-electron chi connectivity index (χ1n) is 8.45. The summed E-state index contributed by atoms with van der Waals surface area (Å²) in [7, 11) is 0. The Bertz CT molecular complexity index is 1170.